The lowest BCUT2D eigenvalue weighted by molar-refractivity contribution is -0.0541. The van der Waals surface area contributed by atoms with Crippen LogP contribution in [0.5, 0.6) is 11.5 Å². The topological polar surface area (TPSA) is 352 Å². The number of likely N-dealkylation sites (N-methyl/N-ethyl adjacent to an activating group) is 2. The normalized spacial score (nSPS) is 21.7. The molecule has 4 aliphatic rings. The highest BCUT2D eigenvalue weighted by Crippen LogP contribution is 2.66. The van der Waals surface area contributed by atoms with E-state index < -0.39 is 72.2 Å². The number of nitrogens with zero attached hydrogens (tertiary/aromatic N) is 4. The summed E-state index contributed by atoms with van der Waals surface area (Å²) in [6.45, 7) is 16.7. The number of phosphoric acid groups is 3. The highest BCUT2D eigenvalue weighted by atomic mass is 31.3. The standard InChI is InChI=1S/C49H55N6O18P3/c1-9-54-35-19-37-33(17-30(35)25(3)21-48(54,5)6)40(34-18-31-26(4)22-49(7,8)55(10-2)36(31)20-38(34)70-37)32-16-27(13-14-29(32)46(59)60)44(58)51-15-11-12-28-23-53(47(61)52-43(28)50)45-42(57)41(56)39(71-45)24-69-75(65,66)73-76(67,68)72-74(62,63)64/h13-14,16-23,39,41-42,45,56-57H,9-10,15,24H2,1-8H3,(H7-,50,51,52,58,59,60,61,62,63,64,65,66,67,68)/p+1/t39-,41-,42-,45-/m1/s1. The fraction of sp³-hybridized carbons (Fsp3) is 0.367. The zero-order valence-corrected chi connectivity index (χ0v) is 44.9. The van der Waals surface area contributed by atoms with Crippen molar-refractivity contribution in [2.45, 2.75) is 91.0 Å². The van der Waals surface area contributed by atoms with Crippen molar-refractivity contribution >= 4 is 63.6 Å². The van der Waals surface area contributed by atoms with Crippen molar-refractivity contribution in [1.29, 1.82) is 0 Å². The predicted octanol–water partition coefficient (Wildman–Crippen LogP) is 3.35. The number of allylic oxidation sites excluding steroid dienone is 2. The lowest BCUT2D eigenvalue weighted by Crippen LogP contribution is -2.49. The summed E-state index contributed by atoms with van der Waals surface area (Å²) in [5.74, 6) is 4.15. The quantitative estimate of drug-likeness (QED) is 0.0437. The van der Waals surface area contributed by atoms with E-state index in [9.17, 15) is 53.2 Å². The fourth-order valence-corrected chi connectivity index (χ4v) is 13.3. The van der Waals surface area contributed by atoms with E-state index >= 15 is 0 Å². The van der Waals surface area contributed by atoms with Crippen LogP contribution in [0.2, 0.25) is 0 Å². The number of carboxylic acids is 1. The van der Waals surface area contributed by atoms with Crippen LogP contribution >= 0.6 is 23.5 Å². The van der Waals surface area contributed by atoms with Gasteiger partial charge in [-0.1, -0.05) is 17.9 Å². The smallest absolute Gasteiger partial charge is 0.478 e. The molecule has 8 rings (SSSR count). The lowest BCUT2D eigenvalue weighted by atomic mass is 9.83. The van der Waals surface area contributed by atoms with E-state index in [0.717, 1.165) is 39.5 Å². The molecule has 0 radical (unpaired) electrons. The molecule has 404 valence electrons. The minimum atomic E-state index is -5.87. The molecule has 2 unspecified atom stereocenters. The number of hydrogen-bond acceptors (Lipinski definition) is 16. The molecule has 0 aliphatic carbocycles. The number of aromatic carboxylic acids is 1. The molecule has 5 heterocycles. The van der Waals surface area contributed by atoms with Crippen LogP contribution in [0.1, 0.15) is 110 Å². The maximum atomic E-state index is 14.0. The van der Waals surface area contributed by atoms with Gasteiger partial charge in [-0.25, -0.2) is 27.9 Å². The number of phosphoric ester groups is 1. The third-order valence-electron chi connectivity index (χ3n) is 13.3. The Morgan fingerprint density at radius 2 is 1.59 bits per heavy atom. The molecule has 3 aromatic carbocycles. The minimum Gasteiger partial charge on any atom is -0.478 e. The molecule has 4 aromatic rings. The third kappa shape index (κ3) is 11.0. The SMILES string of the molecule is CCN1c2cc3c(cc2C(C)=CC1(C)C)C(c1cc(C(=O)NCC#Cc2cn([C@@H]4O[C@H](COP(=O)(O)OP(=O)(O)OP(=O)(O)O)[C@@H](O)[C@H]4O)c(=O)nc2N)ccc1C(=O)O)=c1cc2c(cc1O3)=[N+](CC)C(C)(C)C=C2C. The Bertz CT molecular complexity index is 3610. The number of hydrogen-bond donors (Lipinski definition) is 9. The van der Waals surface area contributed by atoms with Gasteiger partial charge in [0.1, 0.15) is 42.2 Å². The molecule has 0 bridgehead atoms. The van der Waals surface area contributed by atoms with E-state index in [2.05, 4.69) is 98.5 Å². The van der Waals surface area contributed by atoms with Crippen molar-refractivity contribution < 1.29 is 80.8 Å². The fourth-order valence-electron chi connectivity index (χ4n) is 10.2. The van der Waals surface area contributed by atoms with E-state index in [1.165, 1.54) is 18.2 Å². The number of rotatable bonds is 14. The summed E-state index contributed by atoms with van der Waals surface area (Å²) in [7, 11) is -17.2. The summed E-state index contributed by atoms with van der Waals surface area (Å²) in [5, 5.41) is 36.5. The van der Waals surface area contributed by atoms with Crippen LogP contribution in [0.25, 0.3) is 16.7 Å². The van der Waals surface area contributed by atoms with Crippen molar-refractivity contribution in [2.24, 2.45) is 0 Å². The number of benzene rings is 3. The maximum Gasteiger partial charge on any atom is 0.490 e. The van der Waals surface area contributed by atoms with Gasteiger partial charge in [-0.05, 0) is 94.7 Å². The van der Waals surface area contributed by atoms with Crippen molar-refractivity contribution in [2.75, 3.05) is 36.9 Å². The van der Waals surface area contributed by atoms with E-state index in [0.29, 0.717) is 45.5 Å². The Kier molecular flexibility index (Phi) is 15.0. The zero-order valence-electron chi connectivity index (χ0n) is 42.2. The molecule has 24 nitrogen and oxygen atoms in total. The number of fused-ring (bicyclic) bond motifs is 4. The molecular weight excluding hydrogens is 1050 g/mol. The Labute approximate surface area is 434 Å². The number of amides is 1. The molecule has 1 fully saturated rings. The van der Waals surface area contributed by atoms with Crippen LogP contribution < -0.4 is 41.5 Å². The van der Waals surface area contributed by atoms with Gasteiger partial charge in [-0.2, -0.15) is 13.6 Å². The molecule has 1 saturated heterocycles. The number of ether oxygens (including phenoxy) is 2. The van der Waals surface area contributed by atoms with Crippen LogP contribution in [0.15, 0.2) is 65.6 Å². The van der Waals surface area contributed by atoms with Crippen LogP contribution in [0.3, 0.4) is 0 Å². The Balaban J connectivity index is 1.11. The second-order valence-electron chi connectivity index (χ2n) is 19.4. The van der Waals surface area contributed by atoms with Gasteiger partial charge in [-0.3, -0.25) is 13.9 Å². The molecule has 1 aromatic heterocycles. The number of carboxylic acid groups (broad SMARTS) is 1. The van der Waals surface area contributed by atoms with Gasteiger partial charge in [0, 0.05) is 71.4 Å². The van der Waals surface area contributed by atoms with Crippen LogP contribution in [0, 0.1) is 11.8 Å². The van der Waals surface area contributed by atoms with Gasteiger partial charge in [0.2, 0.25) is 5.36 Å². The van der Waals surface area contributed by atoms with Gasteiger partial charge >= 0.3 is 35.1 Å². The van der Waals surface area contributed by atoms with E-state index in [1.54, 1.807) is 0 Å². The summed E-state index contributed by atoms with van der Waals surface area (Å²) in [5.41, 5.74) is 10.5. The molecule has 27 heteroatoms. The molecule has 10 N–H and O–H groups in total. The summed E-state index contributed by atoms with van der Waals surface area (Å²) >= 11 is 0. The molecular formula is C49H56N6O18P3+. The maximum absolute atomic E-state index is 14.0. The summed E-state index contributed by atoms with van der Waals surface area (Å²) in [6, 6.07) is 12.3. The Morgan fingerprint density at radius 1 is 0.895 bits per heavy atom. The molecule has 4 aliphatic heterocycles. The van der Waals surface area contributed by atoms with E-state index in [-0.39, 0.29) is 45.7 Å². The number of nitrogens with two attached hydrogens (primary N) is 1. The minimum absolute atomic E-state index is 0.0691. The van der Waals surface area contributed by atoms with Gasteiger partial charge in [0.15, 0.2) is 11.8 Å². The van der Waals surface area contributed by atoms with E-state index in [4.69, 9.17) is 25.0 Å². The first-order chi connectivity index (χ1) is 35.4. The van der Waals surface area contributed by atoms with Crippen molar-refractivity contribution in [1.82, 2.24) is 19.4 Å². The van der Waals surface area contributed by atoms with Crippen LogP contribution in [-0.2, 0) is 31.6 Å². The van der Waals surface area contributed by atoms with E-state index in [1.807, 2.05) is 38.1 Å². The van der Waals surface area contributed by atoms with Gasteiger partial charge in [-0.15, -0.1) is 0 Å². The zero-order chi connectivity index (χ0) is 55.8. The molecule has 76 heavy (non-hydrogen) atoms. The van der Waals surface area contributed by atoms with Crippen LogP contribution in [0.4, 0.5) is 11.5 Å². The molecule has 0 saturated carbocycles. The number of nitrogen functional groups attached to an aromatic ring is 1. The van der Waals surface area contributed by atoms with Gasteiger partial charge < -0.3 is 60.3 Å². The first kappa shape index (κ1) is 56.1. The summed E-state index contributed by atoms with van der Waals surface area (Å²) in [6.07, 6.45) is -1.95. The number of anilines is 2. The second kappa shape index (κ2) is 20.4. The number of carbonyl (C=O) groups excluding carboxylic acids is 1. The Morgan fingerprint density at radius 3 is 2.25 bits per heavy atom. The molecule has 6 atom stereocenters. The van der Waals surface area contributed by atoms with Crippen molar-refractivity contribution in [3.8, 4) is 23.3 Å². The average Bonchev–Trinajstić information content (AvgIpc) is 3.60. The number of carbonyl (C=O) groups is 2. The number of aliphatic hydroxyl groups excluding tert-OH is 2. The number of aromatic nitrogens is 2. The Hall–Kier alpha value is -6.12. The second-order valence-corrected chi connectivity index (χ2v) is 23.8. The van der Waals surface area contributed by atoms with Crippen LogP contribution in [-0.4, -0.2) is 112 Å². The van der Waals surface area contributed by atoms with Gasteiger partial charge in [0.25, 0.3) is 5.91 Å². The highest BCUT2D eigenvalue weighted by Gasteiger charge is 2.47. The highest BCUT2D eigenvalue weighted by molar-refractivity contribution is 7.66. The lowest BCUT2D eigenvalue weighted by Gasteiger charge is -2.43. The summed E-state index contributed by atoms with van der Waals surface area (Å²) in [4.78, 5) is 82.9. The van der Waals surface area contributed by atoms with Crippen molar-refractivity contribution in [3.63, 3.8) is 0 Å². The third-order valence-corrected chi connectivity index (χ3v) is 17.1. The molecule has 0 spiro atoms. The number of nitrogens with one attached hydrogen (secondary N) is 1. The summed E-state index contributed by atoms with van der Waals surface area (Å²) < 4.78 is 62.1. The monoisotopic (exact) mass is 1110 g/mol. The predicted molar refractivity (Wildman–Crippen MR) is 275 cm³/mol. The number of aliphatic hydroxyl groups is 2. The average molecular weight is 1110 g/mol. The first-order valence-electron chi connectivity index (χ1n) is 23.6. The molecule has 1 amide bonds. The first-order valence-corrected chi connectivity index (χ1v) is 28.1. The largest absolute Gasteiger partial charge is 0.490 e. The van der Waals surface area contributed by atoms with Crippen molar-refractivity contribution in [3.05, 3.63) is 121 Å². The van der Waals surface area contributed by atoms with Gasteiger partial charge in [0.05, 0.1) is 35.9 Å².